The molecule has 0 radical (unpaired) electrons. The molecule has 2 aromatic rings. The fourth-order valence-corrected chi connectivity index (χ4v) is 4.03. The van der Waals surface area contributed by atoms with Gasteiger partial charge >= 0.3 is 0 Å². The number of ether oxygens (including phenoxy) is 1. The normalized spacial score (nSPS) is 16.5. The Morgan fingerprint density at radius 1 is 1.21 bits per heavy atom. The molecule has 2 N–H and O–H groups in total. The second-order valence-electron chi connectivity index (χ2n) is 5.28. The highest BCUT2D eigenvalue weighted by Crippen LogP contribution is 2.31. The lowest BCUT2D eigenvalue weighted by atomic mass is 10.2. The van der Waals surface area contributed by atoms with Gasteiger partial charge in [-0.3, -0.25) is 10.0 Å². The van der Waals surface area contributed by atoms with Crippen LogP contribution in [0.1, 0.15) is 15.9 Å². The van der Waals surface area contributed by atoms with Gasteiger partial charge in [0.25, 0.3) is 5.91 Å². The van der Waals surface area contributed by atoms with Crippen LogP contribution >= 0.6 is 0 Å². The maximum atomic E-state index is 12.9. The van der Waals surface area contributed by atoms with Crippen LogP contribution in [0.4, 0.5) is 0 Å². The van der Waals surface area contributed by atoms with E-state index >= 15 is 0 Å². The van der Waals surface area contributed by atoms with Gasteiger partial charge in [0.05, 0.1) is 0 Å². The highest BCUT2D eigenvalue weighted by molar-refractivity contribution is 7.89. The van der Waals surface area contributed by atoms with Crippen LogP contribution in [0.5, 0.6) is 5.75 Å². The summed E-state index contributed by atoms with van der Waals surface area (Å²) in [5.41, 5.74) is 2.50. The van der Waals surface area contributed by atoms with Gasteiger partial charge in [-0.25, -0.2) is 13.9 Å². The third kappa shape index (κ3) is 3.12. The first-order valence-corrected chi connectivity index (χ1v) is 8.72. The van der Waals surface area contributed by atoms with E-state index in [2.05, 4.69) is 0 Å². The van der Waals surface area contributed by atoms with Crippen molar-refractivity contribution in [3.63, 3.8) is 0 Å². The summed E-state index contributed by atoms with van der Waals surface area (Å²) in [6.45, 7) is 0.613. The van der Waals surface area contributed by atoms with E-state index in [1.54, 1.807) is 0 Å². The molecule has 0 aliphatic carbocycles. The average Bonchev–Trinajstić information content (AvgIpc) is 2.72. The van der Waals surface area contributed by atoms with Crippen molar-refractivity contribution >= 4 is 15.9 Å². The molecule has 1 aliphatic rings. The number of carbonyl (C=O) groups is 1. The maximum absolute atomic E-state index is 12.9. The molecular weight excluding hydrogens is 332 g/mol. The quantitative estimate of drug-likeness (QED) is 0.645. The second kappa shape index (κ2) is 6.60. The van der Waals surface area contributed by atoms with Crippen molar-refractivity contribution < 1.29 is 23.2 Å². The number of benzene rings is 2. The van der Waals surface area contributed by atoms with E-state index in [-0.39, 0.29) is 35.9 Å². The Bertz CT molecular complexity index is 852. The van der Waals surface area contributed by atoms with Gasteiger partial charge in [0.1, 0.15) is 17.3 Å². The van der Waals surface area contributed by atoms with Gasteiger partial charge in [-0.1, -0.05) is 30.3 Å². The minimum absolute atomic E-state index is 0.00502. The first kappa shape index (κ1) is 16.4. The summed E-state index contributed by atoms with van der Waals surface area (Å²) in [5.74, 6) is -0.629. The van der Waals surface area contributed by atoms with E-state index in [9.17, 15) is 13.2 Å². The van der Waals surface area contributed by atoms with Crippen molar-refractivity contribution in [1.29, 1.82) is 0 Å². The van der Waals surface area contributed by atoms with Gasteiger partial charge in [-0.05, 0) is 23.8 Å². The zero-order valence-corrected chi connectivity index (χ0v) is 13.5. The third-order valence-electron chi connectivity index (χ3n) is 3.73. The Kier molecular flexibility index (Phi) is 4.52. The molecule has 1 heterocycles. The van der Waals surface area contributed by atoms with Gasteiger partial charge < -0.3 is 4.74 Å². The lowest BCUT2D eigenvalue weighted by molar-refractivity contribution is 0.0706. The number of nitrogens with zero attached hydrogens (tertiary/aromatic N) is 1. The zero-order chi connectivity index (χ0) is 17.2. The SMILES string of the molecule is O=C(NO)c1ccc2c(c1)OCCN(Cc1ccccc1)S2(=O)=O. The number of fused-ring (bicyclic) bond motifs is 1. The summed E-state index contributed by atoms with van der Waals surface area (Å²) < 4.78 is 32.6. The predicted molar refractivity (Wildman–Crippen MR) is 85.2 cm³/mol. The van der Waals surface area contributed by atoms with Crippen molar-refractivity contribution in [2.24, 2.45) is 0 Å². The summed E-state index contributed by atoms with van der Waals surface area (Å²) in [6.07, 6.45) is 0. The lowest BCUT2D eigenvalue weighted by Gasteiger charge is -2.19. The number of carbonyl (C=O) groups excluding carboxylic acids is 1. The molecule has 3 rings (SSSR count). The fraction of sp³-hybridized carbons (Fsp3) is 0.188. The van der Waals surface area contributed by atoms with E-state index in [0.717, 1.165) is 5.56 Å². The van der Waals surface area contributed by atoms with E-state index in [1.807, 2.05) is 30.3 Å². The summed E-state index contributed by atoms with van der Waals surface area (Å²) >= 11 is 0. The maximum Gasteiger partial charge on any atom is 0.274 e. The molecule has 0 bridgehead atoms. The highest BCUT2D eigenvalue weighted by Gasteiger charge is 2.31. The van der Waals surface area contributed by atoms with E-state index < -0.39 is 15.9 Å². The van der Waals surface area contributed by atoms with Crippen LogP contribution in [-0.4, -0.2) is 37.0 Å². The number of hydrogen-bond donors (Lipinski definition) is 2. The largest absolute Gasteiger partial charge is 0.491 e. The molecule has 1 aliphatic heterocycles. The van der Waals surface area contributed by atoms with Crippen LogP contribution in [0.25, 0.3) is 0 Å². The summed E-state index contributed by atoms with van der Waals surface area (Å²) in [7, 11) is -3.75. The molecule has 7 nitrogen and oxygen atoms in total. The number of hydrogen-bond acceptors (Lipinski definition) is 5. The topological polar surface area (TPSA) is 95.9 Å². The number of amides is 1. The smallest absolute Gasteiger partial charge is 0.274 e. The zero-order valence-electron chi connectivity index (χ0n) is 12.7. The number of sulfonamides is 1. The van der Waals surface area contributed by atoms with Gasteiger partial charge in [0, 0.05) is 18.7 Å². The van der Waals surface area contributed by atoms with Gasteiger partial charge in [0.15, 0.2) is 0 Å². The molecular formula is C16H16N2O5S. The molecule has 0 fully saturated rings. The van der Waals surface area contributed by atoms with Crippen LogP contribution in [0, 0.1) is 0 Å². The molecule has 2 aromatic carbocycles. The summed E-state index contributed by atoms with van der Waals surface area (Å²) in [5, 5.41) is 8.69. The molecule has 0 aromatic heterocycles. The molecule has 0 saturated carbocycles. The minimum Gasteiger partial charge on any atom is -0.491 e. The molecule has 0 spiro atoms. The van der Waals surface area contributed by atoms with Gasteiger partial charge in [0.2, 0.25) is 10.0 Å². The Morgan fingerprint density at radius 3 is 2.67 bits per heavy atom. The number of nitrogens with one attached hydrogen (secondary N) is 1. The van der Waals surface area contributed by atoms with Crippen LogP contribution in [-0.2, 0) is 16.6 Å². The molecule has 126 valence electrons. The molecule has 8 heteroatoms. The highest BCUT2D eigenvalue weighted by atomic mass is 32.2. The molecule has 0 unspecified atom stereocenters. The van der Waals surface area contributed by atoms with E-state index in [4.69, 9.17) is 9.94 Å². The van der Waals surface area contributed by atoms with Crippen LogP contribution in [0.2, 0.25) is 0 Å². The standard InChI is InChI=1S/C16H16N2O5S/c19-16(17-20)13-6-7-15-14(10-13)23-9-8-18(24(15,21)22)11-12-4-2-1-3-5-12/h1-7,10,20H,8-9,11H2,(H,17,19). The summed E-state index contributed by atoms with van der Waals surface area (Å²) in [6, 6.07) is 13.2. The Balaban J connectivity index is 1.97. The van der Waals surface area contributed by atoms with Crippen LogP contribution in [0.15, 0.2) is 53.4 Å². The summed E-state index contributed by atoms with van der Waals surface area (Å²) in [4.78, 5) is 11.5. The van der Waals surface area contributed by atoms with Crippen molar-refractivity contribution in [1.82, 2.24) is 9.79 Å². The van der Waals surface area contributed by atoms with E-state index in [0.29, 0.717) is 0 Å². The van der Waals surface area contributed by atoms with Crippen LogP contribution < -0.4 is 10.2 Å². The Hall–Kier alpha value is -2.42. The average molecular weight is 348 g/mol. The first-order chi connectivity index (χ1) is 11.5. The number of rotatable bonds is 3. The molecule has 0 saturated heterocycles. The Morgan fingerprint density at radius 2 is 1.96 bits per heavy atom. The van der Waals surface area contributed by atoms with Gasteiger partial charge in [-0.2, -0.15) is 4.31 Å². The van der Waals surface area contributed by atoms with Crippen LogP contribution in [0.3, 0.4) is 0 Å². The van der Waals surface area contributed by atoms with Crippen molar-refractivity contribution in [2.45, 2.75) is 11.4 Å². The molecule has 0 atom stereocenters. The first-order valence-electron chi connectivity index (χ1n) is 7.28. The molecule has 24 heavy (non-hydrogen) atoms. The van der Waals surface area contributed by atoms with Crippen molar-refractivity contribution in [3.8, 4) is 5.75 Å². The predicted octanol–water partition coefficient (Wildman–Crippen LogP) is 1.39. The van der Waals surface area contributed by atoms with Gasteiger partial charge in [-0.15, -0.1) is 0 Å². The minimum atomic E-state index is -3.75. The van der Waals surface area contributed by atoms with E-state index in [1.165, 1.54) is 28.0 Å². The monoisotopic (exact) mass is 348 g/mol. The molecule has 1 amide bonds. The second-order valence-corrected chi connectivity index (χ2v) is 7.18. The van der Waals surface area contributed by atoms with Crippen molar-refractivity contribution in [3.05, 3.63) is 59.7 Å². The third-order valence-corrected chi connectivity index (χ3v) is 5.61. The van der Waals surface area contributed by atoms with Crippen molar-refractivity contribution in [2.75, 3.05) is 13.2 Å². The number of hydroxylamine groups is 1. The lowest BCUT2D eigenvalue weighted by Crippen LogP contribution is -2.32. The fourth-order valence-electron chi connectivity index (χ4n) is 2.51. The Labute approximate surface area is 139 Å².